The number of thiol groups is 1. The lowest BCUT2D eigenvalue weighted by molar-refractivity contribution is 0.830. The average Bonchev–Trinajstić information content (AvgIpc) is 1.86. The van der Waals surface area contributed by atoms with E-state index in [4.69, 9.17) is 11.6 Å². The van der Waals surface area contributed by atoms with Crippen molar-refractivity contribution in [2.45, 2.75) is 13.8 Å². The van der Waals surface area contributed by atoms with E-state index in [1.54, 1.807) is 5.41 Å². The molecule has 0 unspecified atom stereocenters. The van der Waals surface area contributed by atoms with E-state index >= 15 is 0 Å². The molecule has 0 spiro atoms. The molecule has 62 valence electrons. The maximum atomic E-state index is 5.83. The Hall–Kier alpha value is -0.140. The topological polar surface area (TPSA) is 0 Å². The summed E-state index contributed by atoms with van der Waals surface area (Å²) in [6.07, 6.45) is 7.51. The molecular weight excluding hydrogens is 176 g/mol. The van der Waals surface area contributed by atoms with Crippen molar-refractivity contribution in [3.05, 3.63) is 34.7 Å². The van der Waals surface area contributed by atoms with Crippen LogP contribution in [0.3, 0.4) is 0 Å². The monoisotopic (exact) mass is 188 g/mol. The molecule has 0 nitrogen and oxygen atoms in total. The summed E-state index contributed by atoms with van der Waals surface area (Å²) in [5.74, 6) is 0.493. The third-order valence-corrected chi connectivity index (χ3v) is 1.37. The first-order valence-corrected chi connectivity index (χ1v) is 4.41. The quantitative estimate of drug-likeness (QED) is 0.506. The van der Waals surface area contributed by atoms with Gasteiger partial charge in [-0.1, -0.05) is 43.7 Å². The van der Waals surface area contributed by atoms with Crippen molar-refractivity contribution >= 4 is 24.2 Å². The number of hydrogen-bond acceptors (Lipinski definition) is 1. The first-order chi connectivity index (χ1) is 5.16. The van der Waals surface area contributed by atoms with E-state index in [-0.39, 0.29) is 0 Å². The molecule has 0 aromatic heterocycles. The molecule has 0 saturated heterocycles. The van der Waals surface area contributed by atoms with Crippen molar-refractivity contribution in [3.63, 3.8) is 0 Å². The summed E-state index contributed by atoms with van der Waals surface area (Å²) in [6.45, 7) is 4.18. The van der Waals surface area contributed by atoms with Crippen LogP contribution in [0.1, 0.15) is 13.8 Å². The van der Waals surface area contributed by atoms with Gasteiger partial charge in [0.2, 0.25) is 0 Å². The molecule has 0 radical (unpaired) electrons. The zero-order valence-corrected chi connectivity index (χ0v) is 8.44. The van der Waals surface area contributed by atoms with Gasteiger partial charge >= 0.3 is 0 Å². The van der Waals surface area contributed by atoms with Crippen molar-refractivity contribution in [2.24, 2.45) is 5.92 Å². The van der Waals surface area contributed by atoms with Gasteiger partial charge in [-0.2, -0.15) is 12.6 Å². The minimum atomic E-state index is 0.493. The fraction of sp³-hybridized carbons (Fsp3) is 0.333. The van der Waals surface area contributed by atoms with Gasteiger partial charge in [-0.25, -0.2) is 0 Å². The van der Waals surface area contributed by atoms with Crippen LogP contribution in [-0.2, 0) is 0 Å². The number of allylic oxidation sites excluding steroid dienone is 5. The fourth-order valence-corrected chi connectivity index (χ4v) is 0.995. The molecule has 0 rings (SSSR count). The maximum Gasteiger partial charge on any atom is 0.0368 e. The van der Waals surface area contributed by atoms with Crippen LogP contribution in [0.5, 0.6) is 0 Å². The van der Waals surface area contributed by atoms with Gasteiger partial charge in [0, 0.05) is 5.03 Å². The molecule has 0 aliphatic rings. The van der Waals surface area contributed by atoms with E-state index in [9.17, 15) is 0 Å². The lowest BCUT2D eigenvalue weighted by atomic mass is 10.2. The SMILES string of the molecule is CC(C)\C=C(Cl)/C=C\C=C\S. The second-order valence-electron chi connectivity index (χ2n) is 2.50. The Balaban J connectivity index is 3.94. The zero-order valence-electron chi connectivity index (χ0n) is 6.79. The third-order valence-electron chi connectivity index (χ3n) is 0.945. The summed E-state index contributed by atoms with van der Waals surface area (Å²) < 4.78 is 0. The molecule has 0 aromatic carbocycles. The zero-order chi connectivity index (χ0) is 8.69. The largest absolute Gasteiger partial charge is 0.151 e. The highest BCUT2D eigenvalue weighted by Crippen LogP contribution is 2.08. The summed E-state index contributed by atoms with van der Waals surface area (Å²) in [4.78, 5) is 0. The molecule has 0 heterocycles. The third kappa shape index (κ3) is 7.76. The van der Waals surface area contributed by atoms with E-state index in [1.807, 2.05) is 24.3 Å². The van der Waals surface area contributed by atoms with Crippen molar-refractivity contribution in [1.29, 1.82) is 0 Å². The van der Waals surface area contributed by atoms with Crippen LogP contribution in [0.4, 0.5) is 0 Å². The maximum absolute atomic E-state index is 5.83. The second kappa shape index (κ2) is 6.56. The Kier molecular flexibility index (Phi) is 6.48. The van der Waals surface area contributed by atoms with Crippen LogP contribution in [-0.4, -0.2) is 0 Å². The Morgan fingerprint density at radius 2 is 2.00 bits per heavy atom. The molecule has 0 aromatic rings. The predicted octanol–water partition coefficient (Wildman–Crippen LogP) is 3.76. The van der Waals surface area contributed by atoms with E-state index in [0.29, 0.717) is 5.92 Å². The molecule has 0 atom stereocenters. The lowest BCUT2D eigenvalue weighted by Crippen LogP contribution is -1.77. The number of rotatable bonds is 3. The van der Waals surface area contributed by atoms with E-state index in [2.05, 4.69) is 26.5 Å². The van der Waals surface area contributed by atoms with Crippen LogP contribution < -0.4 is 0 Å². The summed E-state index contributed by atoms with van der Waals surface area (Å²) in [5.41, 5.74) is 0. The summed E-state index contributed by atoms with van der Waals surface area (Å²) in [5, 5.41) is 2.43. The molecule has 0 amide bonds. The second-order valence-corrected chi connectivity index (χ2v) is 3.23. The van der Waals surface area contributed by atoms with E-state index in [0.717, 1.165) is 5.03 Å². The summed E-state index contributed by atoms with van der Waals surface area (Å²) in [7, 11) is 0. The standard InChI is InChI=1S/C9H13ClS/c1-8(2)7-9(10)5-3-4-6-11/h3-8,11H,1-2H3/b5-3-,6-4+,9-7+. The van der Waals surface area contributed by atoms with Crippen LogP contribution in [0.2, 0.25) is 0 Å². The van der Waals surface area contributed by atoms with Gasteiger partial charge in [0.15, 0.2) is 0 Å². The average molecular weight is 189 g/mol. The van der Waals surface area contributed by atoms with Crippen molar-refractivity contribution < 1.29 is 0 Å². The Bertz CT molecular complexity index is 178. The molecule has 0 bridgehead atoms. The predicted molar refractivity (Wildman–Crippen MR) is 56.0 cm³/mol. The van der Waals surface area contributed by atoms with E-state index < -0.39 is 0 Å². The number of halogens is 1. The molecule has 0 aliphatic carbocycles. The van der Waals surface area contributed by atoms with Gasteiger partial charge in [0.05, 0.1) is 0 Å². The van der Waals surface area contributed by atoms with Gasteiger partial charge in [0.25, 0.3) is 0 Å². The molecular formula is C9H13ClS. The smallest absolute Gasteiger partial charge is 0.0368 e. The van der Waals surface area contributed by atoms with Gasteiger partial charge in [-0.15, -0.1) is 0 Å². The van der Waals surface area contributed by atoms with Crippen LogP contribution in [0.25, 0.3) is 0 Å². The van der Waals surface area contributed by atoms with Gasteiger partial charge in [-0.05, 0) is 17.4 Å². The molecule has 0 saturated carbocycles. The highest BCUT2D eigenvalue weighted by molar-refractivity contribution is 7.83. The Labute approximate surface area is 79.0 Å². The van der Waals surface area contributed by atoms with Crippen LogP contribution in [0.15, 0.2) is 34.7 Å². The van der Waals surface area contributed by atoms with Gasteiger partial charge in [0.1, 0.15) is 0 Å². The molecule has 2 heteroatoms. The number of hydrogen-bond donors (Lipinski definition) is 1. The Morgan fingerprint density at radius 1 is 1.36 bits per heavy atom. The van der Waals surface area contributed by atoms with Crippen molar-refractivity contribution in [2.75, 3.05) is 0 Å². The lowest BCUT2D eigenvalue weighted by Gasteiger charge is -1.93. The highest BCUT2D eigenvalue weighted by Gasteiger charge is 1.87. The molecule has 0 fully saturated rings. The first-order valence-electron chi connectivity index (χ1n) is 3.51. The normalized spacial score (nSPS) is 14.1. The van der Waals surface area contributed by atoms with Crippen LogP contribution >= 0.6 is 24.2 Å². The molecule has 0 aliphatic heterocycles. The van der Waals surface area contributed by atoms with E-state index in [1.165, 1.54) is 0 Å². The van der Waals surface area contributed by atoms with Crippen LogP contribution in [0, 0.1) is 5.92 Å². The first kappa shape index (κ1) is 10.9. The van der Waals surface area contributed by atoms with Gasteiger partial charge in [-0.3, -0.25) is 0 Å². The molecule has 11 heavy (non-hydrogen) atoms. The minimum absolute atomic E-state index is 0.493. The summed E-state index contributed by atoms with van der Waals surface area (Å²) in [6, 6.07) is 0. The highest BCUT2D eigenvalue weighted by atomic mass is 35.5. The minimum Gasteiger partial charge on any atom is -0.151 e. The fourth-order valence-electron chi connectivity index (χ4n) is 0.571. The van der Waals surface area contributed by atoms with Gasteiger partial charge < -0.3 is 0 Å². The Morgan fingerprint density at radius 3 is 2.45 bits per heavy atom. The van der Waals surface area contributed by atoms with Crippen molar-refractivity contribution in [1.82, 2.24) is 0 Å². The molecule has 0 N–H and O–H groups in total. The summed E-state index contributed by atoms with van der Waals surface area (Å²) >= 11 is 9.73. The van der Waals surface area contributed by atoms with Crippen molar-refractivity contribution in [3.8, 4) is 0 Å².